The van der Waals surface area contributed by atoms with Crippen molar-refractivity contribution in [2.24, 2.45) is 0 Å². The maximum absolute atomic E-state index is 12.7. The van der Waals surface area contributed by atoms with Gasteiger partial charge in [0.15, 0.2) is 5.78 Å². The van der Waals surface area contributed by atoms with Crippen molar-refractivity contribution in [1.82, 2.24) is 0 Å². The molecule has 0 saturated carbocycles. The summed E-state index contributed by atoms with van der Waals surface area (Å²) in [7, 11) is 0. The maximum Gasteiger partial charge on any atom is 0.194 e. The van der Waals surface area contributed by atoms with Crippen LogP contribution < -0.4 is 0 Å². The minimum Gasteiger partial charge on any atom is -0.289 e. The number of hydrogen-bond acceptors (Lipinski definition) is 2. The molecule has 0 aliphatic heterocycles. The first-order chi connectivity index (χ1) is 9.18. The molecule has 0 N–H and O–H groups in total. The van der Waals surface area contributed by atoms with E-state index in [9.17, 15) is 4.79 Å². The van der Waals surface area contributed by atoms with Crippen molar-refractivity contribution < 1.29 is 4.79 Å². The van der Waals surface area contributed by atoms with Gasteiger partial charge in [0.05, 0.1) is 0 Å². The molecule has 0 saturated heterocycles. The van der Waals surface area contributed by atoms with Crippen LogP contribution in [0.5, 0.6) is 0 Å². The van der Waals surface area contributed by atoms with E-state index in [1.54, 1.807) is 11.3 Å². The normalized spacial score (nSPS) is 10.8. The second-order valence-corrected chi connectivity index (χ2v) is 5.63. The molecule has 3 rings (SSSR count). The van der Waals surface area contributed by atoms with Crippen LogP contribution in [0.25, 0.3) is 10.1 Å². The molecule has 0 unspecified atom stereocenters. The zero-order valence-electron chi connectivity index (χ0n) is 10.9. The molecular weight excluding hydrogens is 252 g/mol. The van der Waals surface area contributed by atoms with Gasteiger partial charge in [0.1, 0.15) is 0 Å². The smallest absolute Gasteiger partial charge is 0.194 e. The molecule has 0 spiro atoms. The summed E-state index contributed by atoms with van der Waals surface area (Å²) in [5.41, 5.74) is 3.85. The Kier molecular flexibility index (Phi) is 2.96. The van der Waals surface area contributed by atoms with Crippen molar-refractivity contribution in [3.63, 3.8) is 0 Å². The summed E-state index contributed by atoms with van der Waals surface area (Å²) in [4.78, 5) is 12.7. The monoisotopic (exact) mass is 266 g/mol. The molecule has 19 heavy (non-hydrogen) atoms. The molecule has 2 aromatic carbocycles. The van der Waals surface area contributed by atoms with Gasteiger partial charge in [-0.3, -0.25) is 4.79 Å². The van der Waals surface area contributed by atoms with Crippen molar-refractivity contribution in [3.8, 4) is 0 Å². The number of rotatable bonds is 2. The molecule has 94 valence electrons. The number of aryl methyl sites for hydroxylation is 1. The average Bonchev–Trinajstić information content (AvgIpc) is 2.85. The largest absolute Gasteiger partial charge is 0.289 e. The van der Waals surface area contributed by atoms with Gasteiger partial charge in [-0.05, 0) is 31.0 Å². The SMILES string of the molecule is Cc1cccc(C(=O)c2csc3ccccc23)c1C. The Hall–Kier alpha value is -1.93. The molecule has 0 fully saturated rings. The van der Waals surface area contributed by atoms with Crippen LogP contribution in [0.15, 0.2) is 47.8 Å². The zero-order valence-corrected chi connectivity index (χ0v) is 11.8. The van der Waals surface area contributed by atoms with Gasteiger partial charge in [0.25, 0.3) is 0 Å². The van der Waals surface area contributed by atoms with Crippen LogP contribution in [0, 0.1) is 13.8 Å². The highest BCUT2D eigenvalue weighted by molar-refractivity contribution is 7.17. The zero-order chi connectivity index (χ0) is 13.4. The molecule has 1 aromatic heterocycles. The predicted octanol–water partition coefficient (Wildman–Crippen LogP) is 4.75. The van der Waals surface area contributed by atoms with E-state index >= 15 is 0 Å². The van der Waals surface area contributed by atoms with Crippen molar-refractivity contribution in [1.29, 1.82) is 0 Å². The Morgan fingerprint density at radius 3 is 2.58 bits per heavy atom. The Morgan fingerprint density at radius 2 is 1.74 bits per heavy atom. The first-order valence-electron chi connectivity index (χ1n) is 6.25. The summed E-state index contributed by atoms with van der Waals surface area (Å²) < 4.78 is 1.16. The molecule has 1 nitrogen and oxygen atoms in total. The lowest BCUT2D eigenvalue weighted by molar-refractivity contribution is 0.104. The fraction of sp³-hybridized carbons (Fsp3) is 0.118. The minimum atomic E-state index is 0.124. The van der Waals surface area contributed by atoms with E-state index in [0.717, 1.165) is 32.3 Å². The molecule has 0 radical (unpaired) electrons. The van der Waals surface area contributed by atoms with Crippen LogP contribution in [0.3, 0.4) is 0 Å². The van der Waals surface area contributed by atoms with Gasteiger partial charge >= 0.3 is 0 Å². The van der Waals surface area contributed by atoms with E-state index in [1.807, 2.05) is 55.6 Å². The van der Waals surface area contributed by atoms with Crippen LogP contribution >= 0.6 is 11.3 Å². The summed E-state index contributed by atoms with van der Waals surface area (Å²) in [5, 5.41) is 3.02. The summed E-state index contributed by atoms with van der Waals surface area (Å²) in [6.07, 6.45) is 0. The van der Waals surface area contributed by atoms with E-state index in [0.29, 0.717) is 0 Å². The van der Waals surface area contributed by atoms with E-state index in [4.69, 9.17) is 0 Å². The highest BCUT2D eigenvalue weighted by Gasteiger charge is 2.16. The van der Waals surface area contributed by atoms with Gasteiger partial charge in [0.2, 0.25) is 0 Å². The van der Waals surface area contributed by atoms with Crippen LogP contribution in [0.2, 0.25) is 0 Å². The summed E-state index contributed by atoms with van der Waals surface area (Å²) in [5.74, 6) is 0.124. The summed E-state index contributed by atoms with van der Waals surface area (Å²) >= 11 is 1.63. The Bertz CT molecular complexity index is 768. The van der Waals surface area contributed by atoms with Crippen molar-refractivity contribution in [2.75, 3.05) is 0 Å². The lowest BCUT2D eigenvalue weighted by Gasteiger charge is -2.07. The topological polar surface area (TPSA) is 17.1 Å². The molecule has 1 heterocycles. The molecule has 0 atom stereocenters. The van der Waals surface area contributed by atoms with Gasteiger partial charge in [-0.2, -0.15) is 0 Å². The highest BCUT2D eigenvalue weighted by Crippen LogP contribution is 2.28. The first kappa shape index (κ1) is 12.1. The summed E-state index contributed by atoms with van der Waals surface area (Å²) in [6.45, 7) is 4.05. The minimum absolute atomic E-state index is 0.124. The molecular formula is C17H14OS. The second-order valence-electron chi connectivity index (χ2n) is 4.72. The van der Waals surface area contributed by atoms with Gasteiger partial charge in [0, 0.05) is 26.6 Å². The fourth-order valence-electron chi connectivity index (χ4n) is 2.30. The maximum atomic E-state index is 12.7. The quantitative estimate of drug-likeness (QED) is 0.612. The molecule has 2 heteroatoms. The summed E-state index contributed by atoms with van der Waals surface area (Å²) in [6, 6.07) is 14.0. The molecule has 0 amide bonds. The van der Waals surface area contributed by atoms with Gasteiger partial charge < -0.3 is 0 Å². The van der Waals surface area contributed by atoms with Crippen LogP contribution in [-0.2, 0) is 0 Å². The highest BCUT2D eigenvalue weighted by atomic mass is 32.1. The van der Waals surface area contributed by atoms with E-state index in [-0.39, 0.29) is 5.78 Å². The number of fused-ring (bicyclic) bond motifs is 1. The van der Waals surface area contributed by atoms with Gasteiger partial charge in [-0.1, -0.05) is 36.4 Å². The van der Waals surface area contributed by atoms with E-state index in [1.165, 1.54) is 0 Å². The third-order valence-corrected chi connectivity index (χ3v) is 4.54. The van der Waals surface area contributed by atoms with Crippen molar-refractivity contribution in [3.05, 3.63) is 70.1 Å². The Labute approximate surface area is 116 Å². The van der Waals surface area contributed by atoms with E-state index in [2.05, 4.69) is 6.07 Å². The Balaban J connectivity index is 2.17. The first-order valence-corrected chi connectivity index (χ1v) is 7.13. The van der Waals surface area contributed by atoms with Crippen LogP contribution in [-0.4, -0.2) is 5.78 Å². The van der Waals surface area contributed by atoms with Crippen LogP contribution in [0.4, 0.5) is 0 Å². The number of carbonyl (C=O) groups is 1. The standard InChI is InChI=1S/C17H14OS/c1-11-6-5-8-13(12(11)2)17(18)15-10-19-16-9-4-3-7-14(15)16/h3-10H,1-2H3. The number of hydrogen-bond donors (Lipinski definition) is 0. The molecule has 3 aromatic rings. The molecule has 0 aliphatic carbocycles. The van der Waals surface area contributed by atoms with Gasteiger partial charge in [-0.15, -0.1) is 11.3 Å². The van der Waals surface area contributed by atoms with E-state index < -0.39 is 0 Å². The van der Waals surface area contributed by atoms with Gasteiger partial charge in [-0.25, -0.2) is 0 Å². The predicted molar refractivity (Wildman–Crippen MR) is 81.2 cm³/mol. The van der Waals surface area contributed by atoms with Crippen LogP contribution in [0.1, 0.15) is 27.0 Å². The second kappa shape index (κ2) is 4.63. The lowest BCUT2D eigenvalue weighted by Crippen LogP contribution is -2.03. The Morgan fingerprint density at radius 1 is 0.947 bits per heavy atom. The lowest BCUT2D eigenvalue weighted by atomic mass is 9.96. The van der Waals surface area contributed by atoms with Crippen molar-refractivity contribution >= 4 is 27.2 Å². The molecule has 0 aliphatic rings. The number of carbonyl (C=O) groups excluding carboxylic acids is 1. The molecule has 0 bridgehead atoms. The third kappa shape index (κ3) is 1.98. The number of thiophene rings is 1. The third-order valence-electron chi connectivity index (χ3n) is 3.57. The van der Waals surface area contributed by atoms with Crippen molar-refractivity contribution in [2.45, 2.75) is 13.8 Å². The fourth-order valence-corrected chi connectivity index (χ4v) is 3.24. The average molecular weight is 266 g/mol. The number of benzene rings is 2. The number of ketones is 1.